The summed E-state index contributed by atoms with van der Waals surface area (Å²) in [6.45, 7) is 0. The molecular formula is C13H14N2O4S. The van der Waals surface area contributed by atoms with Crippen LogP contribution < -0.4 is 0 Å². The molecule has 7 heteroatoms. The van der Waals surface area contributed by atoms with Crippen molar-refractivity contribution in [3.8, 4) is 0 Å². The molecule has 20 heavy (non-hydrogen) atoms. The highest BCUT2D eigenvalue weighted by molar-refractivity contribution is 7.93. The van der Waals surface area contributed by atoms with Crippen LogP contribution in [-0.4, -0.2) is 34.3 Å². The highest BCUT2D eigenvalue weighted by atomic mass is 32.2. The number of nitrogens with zero attached hydrogens (tertiary/aromatic N) is 2. The standard InChI is InChI=1S/C13H14N2O4S/c16-13(6-9-2-3-10(7-13)20(9,17)18)8-1-4-11-12(5-8)15-19-14-11/h1,4-5,9-10,16H,2-3,6-7H2. The SMILES string of the molecule is O=S1(=O)C2CCC1CC(O)(c1ccc3nonc3c1)C2. The van der Waals surface area contributed by atoms with Gasteiger partial charge in [0.05, 0.1) is 16.1 Å². The molecule has 0 spiro atoms. The number of sulfone groups is 1. The van der Waals surface area contributed by atoms with Gasteiger partial charge >= 0.3 is 0 Å². The van der Waals surface area contributed by atoms with Crippen molar-refractivity contribution in [2.75, 3.05) is 0 Å². The van der Waals surface area contributed by atoms with Gasteiger partial charge < -0.3 is 5.11 Å². The van der Waals surface area contributed by atoms with Crippen molar-refractivity contribution in [1.82, 2.24) is 10.3 Å². The minimum atomic E-state index is -3.05. The lowest BCUT2D eigenvalue weighted by Gasteiger charge is -2.36. The third-order valence-corrected chi connectivity index (χ3v) is 7.32. The first kappa shape index (κ1) is 12.3. The van der Waals surface area contributed by atoms with Crippen LogP contribution in [-0.2, 0) is 15.4 Å². The van der Waals surface area contributed by atoms with Crippen molar-refractivity contribution in [3.63, 3.8) is 0 Å². The molecule has 0 radical (unpaired) electrons. The Labute approximate surface area is 115 Å². The average molecular weight is 294 g/mol. The van der Waals surface area contributed by atoms with Gasteiger partial charge in [-0.25, -0.2) is 13.0 Å². The minimum absolute atomic E-state index is 0.266. The van der Waals surface area contributed by atoms with Crippen LogP contribution in [0.25, 0.3) is 11.0 Å². The molecule has 4 rings (SSSR count). The molecule has 2 fully saturated rings. The molecule has 0 aliphatic carbocycles. The maximum atomic E-state index is 12.1. The monoisotopic (exact) mass is 294 g/mol. The number of fused-ring (bicyclic) bond motifs is 3. The maximum Gasteiger partial charge on any atom is 0.156 e. The topological polar surface area (TPSA) is 93.3 Å². The second kappa shape index (κ2) is 3.79. The third kappa shape index (κ3) is 1.56. The van der Waals surface area contributed by atoms with Crippen LogP contribution in [0.2, 0.25) is 0 Å². The molecule has 2 aromatic rings. The van der Waals surface area contributed by atoms with E-state index in [0.717, 1.165) is 0 Å². The second-order valence-electron chi connectivity index (χ2n) is 5.82. The maximum absolute atomic E-state index is 12.1. The van der Waals surface area contributed by atoms with E-state index in [9.17, 15) is 13.5 Å². The Morgan fingerprint density at radius 1 is 1.15 bits per heavy atom. The Morgan fingerprint density at radius 3 is 2.50 bits per heavy atom. The lowest BCUT2D eigenvalue weighted by molar-refractivity contribution is 0.0174. The molecule has 6 nitrogen and oxygen atoms in total. The van der Waals surface area contributed by atoms with Gasteiger partial charge in [0, 0.05) is 0 Å². The lowest BCUT2D eigenvalue weighted by atomic mass is 9.86. The van der Waals surface area contributed by atoms with Crippen LogP contribution in [0, 0.1) is 0 Å². The molecule has 0 amide bonds. The number of hydrogen-bond donors (Lipinski definition) is 1. The van der Waals surface area contributed by atoms with Crippen LogP contribution in [0.1, 0.15) is 31.2 Å². The molecule has 2 saturated heterocycles. The van der Waals surface area contributed by atoms with Crippen molar-refractivity contribution < 1.29 is 18.2 Å². The smallest absolute Gasteiger partial charge is 0.156 e. The summed E-state index contributed by atoms with van der Waals surface area (Å²) in [6, 6.07) is 5.26. The Morgan fingerprint density at radius 2 is 1.80 bits per heavy atom. The van der Waals surface area contributed by atoms with Crippen LogP contribution in [0.3, 0.4) is 0 Å². The third-order valence-electron chi connectivity index (χ3n) is 4.66. The van der Waals surface area contributed by atoms with Gasteiger partial charge in [0.2, 0.25) is 0 Å². The summed E-state index contributed by atoms with van der Waals surface area (Å²) in [7, 11) is -3.05. The van der Waals surface area contributed by atoms with Crippen molar-refractivity contribution >= 4 is 20.9 Å². The van der Waals surface area contributed by atoms with E-state index in [2.05, 4.69) is 14.9 Å². The quantitative estimate of drug-likeness (QED) is 0.848. The van der Waals surface area contributed by atoms with Gasteiger partial charge in [-0.2, -0.15) is 0 Å². The van der Waals surface area contributed by atoms with Gasteiger partial charge in [-0.15, -0.1) is 0 Å². The summed E-state index contributed by atoms with van der Waals surface area (Å²) in [5, 5.41) is 17.6. The highest BCUT2D eigenvalue weighted by Crippen LogP contribution is 2.47. The Bertz CT molecular complexity index is 763. The Hall–Kier alpha value is -1.47. The molecule has 106 valence electrons. The molecule has 1 aromatic carbocycles. The number of rotatable bonds is 1. The molecule has 2 unspecified atom stereocenters. The zero-order chi connectivity index (χ0) is 14.0. The first-order valence-electron chi connectivity index (χ1n) is 6.67. The van der Waals surface area contributed by atoms with Gasteiger partial charge in [-0.1, -0.05) is 6.07 Å². The van der Waals surface area contributed by atoms with E-state index in [0.29, 0.717) is 29.4 Å². The Balaban J connectivity index is 1.78. The molecule has 0 saturated carbocycles. The van der Waals surface area contributed by atoms with E-state index in [4.69, 9.17) is 0 Å². The number of aromatic nitrogens is 2. The zero-order valence-corrected chi connectivity index (χ0v) is 11.5. The van der Waals surface area contributed by atoms with Crippen LogP contribution in [0.15, 0.2) is 22.8 Å². The van der Waals surface area contributed by atoms with E-state index in [1.807, 2.05) is 0 Å². The largest absolute Gasteiger partial charge is 0.385 e. The summed E-state index contributed by atoms with van der Waals surface area (Å²) < 4.78 is 28.9. The van der Waals surface area contributed by atoms with E-state index in [1.54, 1.807) is 18.2 Å². The van der Waals surface area contributed by atoms with Crippen molar-refractivity contribution in [3.05, 3.63) is 23.8 Å². The predicted molar refractivity (Wildman–Crippen MR) is 70.7 cm³/mol. The highest BCUT2D eigenvalue weighted by Gasteiger charge is 2.53. The molecule has 2 aliphatic rings. The number of benzene rings is 1. The van der Waals surface area contributed by atoms with Crippen LogP contribution >= 0.6 is 0 Å². The first-order valence-corrected chi connectivity index (χ1v) is 8.28. The van der Waals surface area contributed by atoms with Gasteiger partial charge in [-0.3, -0.25) is 0 Å². The van der Waals surface area contributed by atoms with Gasteiger partial charge in [0.15, 0.2) is 9.84 Å². The van der Waals surface area contributed by atoms with Gasteiger partial charge in [-0.05, 0) is 53.7 Å². The van der Waals surface area contributed by atoms with Gasteiger partial charge in [0.1, 0.15) is 11.0 Å². The number of aliphatic hydroxyl groups is 1. The number of hydrogen-bond acceptors (Lipinski definition) is 6. The molecular weight excluding hydrogens is 280 g/mol. The first-order chi connectivity index (χ1) is 9.49. The summed E-state index contributed by atoms with van der Waals surface area (Å²) in [5.41, 5.74) is 0.817. The van der Waals surface area contributed by atoms with E-state index < -0.39 is 25.9 Å². The second-order valence-corrected chi connectivity index (χ2v) is 8.33. The Kier molecular flexibility index (Phi) is 2.33. The van der Waals surface area contributed by atoms with Gasteiger partial charge in [0.25, 0.3) is 0 Å². The van der Waals surface area contributed by atoms with Crippen molar-refractivity contribution in [1.29, 1.82) is 0 Å². The summed E-state index contributed by atoms with van der Waals surface area (Å²) >= 11 is 0. The summed E-state index contributed by atoms with van der Waals surface area (Å²) in [6.07, 6.45) is 1.84. The van der Waals surface area contributed by atoms with Crippen LogP contribution in [0.4, 0.5) is 0 Å². The molecule has 2 bridgehead atoms. The minimum Gasteiger partial charge on any atom is -0.385 e. The molecule has 1 aromatic heterocycles. The predicted octanol–water partition coefficient (Wildman–Crippen LogP) is 1.15. The summed E-state index contributed by atoms with van der Waals surface area (Å²) in [5.74, 6) is 0. The summed E-state index contributed by atoms with van der Waals surface area (Å²) in [4.78, 5) is 0. The van der Waals surface area contributed by atoms with E-state index in [-0.39, 0.29) is 12.8 Å². The fourth-order valence-corrected chi connectivity index (χ4v) is 6.04. The average Bonchev–Trinajstić information content (AvgIpc) is 2.90. The lowest BCUT2D eigenvalue weighted by Crippen LogP contribution is -2.43. The molecule has 2 atom stereocenters. The normalized spacial score (nSPS) is 35.5. The molecule has 1 N–H and O–H groups in total. The zero-order valence-electron chi connectivity index (χ0n) is 10.7. The van der Waals surface area contributed by atoms with E-state index >= 15 is 0 Å². The fraction of sp³-hybridized carbons (Fsp3) is 0.538. The van der Waals surface area contributed by atoms with Crippen LogP contribution in [0.5, 0.6) is 0 Å². The molecule has 2 aliphatic heterocycles. The van der Waals surface area contributed by atoms with Crippen molar-refractivity contribution in [2.24, 2.45) is 0 Å². The molecule has 3 heterocycles. The van der Waals surface area contributed by atoms with Crippen molar-refractivity contribution in [2.45, 2.75) is 41.8 Å². The van der Waals surface area contributed by atoms with E-state index in [1.165, 1.54) is 0 Å². The fourth-order valence-electron chi connectivity index (χ4n) is 3.55.